The summed E-state index contributed by atoms with van der Waals surface area (Å²) in [5, 5.41) is 3.14. The quantitative estimate of drug-likeness (QED) is 0.927. The van der Waals surface area contributed by atoms with Gasteiger partial charge in [-0.05, 0) is 50.6 Å². The minimum absolute atomic E-state index is 0.0312. The summed E-state index contributed by atoms with van der Waals surface area (Å²) in [6.07, 6.45) is 2.24. The summed E-state index contributed by atoms with van der Waals surface area (Å²) in [6.45, 7) is 7.37. The van der Waals surface area contributed by atoms with E-state index in [2.05, 4.69) is 33.1 Å². The molecule has 4 heteroatoms. The highest BCUT2D eigenvalue weighted by atomic mass is 79.9. The van der Waals surface area contributed by atoms with Gasteiger partial charge in [-0.2, -0.15) is 0 Å². The molecule has 1 unspecified atom stereocenters. The van der Waals surface area contributed by atoms with Gasteiger partial charge in [0.15, 0.2) is 0 Å². The number of benzene rings is 1. The van der Waals surface area contributed by atoms with E-state index in [-0.39, 0.29) is 11.9 Å². The summed E-state index contributed by atoms with van der Waals surface area (Å²) in [6, 6.07) is 6.03. The Balaban J connectivity index is 1.98. The number of carbonyl (C=O) groups is 1. The van der Waals surface area contributed by atoms with Gasteiger partial charge in [-0.25, -0.2) is 0 Å². The third kappa shape index (κ3) is 3.80. The summed E-state index contributed by atoms with van der Waals surface area (Å²) in [7, 11) is 0. The molecule has 0 aromatic heterocycles. The van der Waals surface area contributed by atoms with Crippen molar-refractivity contribution in [1.82, 2.24) is 10.2 Å². The van der Waals surface area contributed by atoms with Crippen LogP contribution >= 0.6 is 15.9 Å². The first-order valence-corrected chi connectivity index (χ1v) is 7.69. The molecule has 1 saturated heterocycles. The molecule has 1 N–H and O–H groups in total. The predicted molar refractivity (Wildman–Crippen MR) is 81.5 cm³/mol. The topological polar surface area (TPSA) is 32.3 Å². The third-order valence-corrected chi connectivity index (χ3v) is 4.58. The lowest BCUT2D eigenvalue weighted by molar-refractivity contribution is 0.0906. The van der Waals surface area contributed by atoms with Crippen LogP contribution < -0.4 is 5.32 Å². The minimum Gasteiger partial charge on any atom is -0.348 e. The number of halogens is 1. The van der Waals surface area contributed by atoms with Gasteiger partial charge in [-0.1, -0.05) is 28.9 Å². The van der Waals surface area contributed by atoms with Crippen molar-refractivity contribution in [3.63, 3.8) is 0 Å². The fraction of sp³-hybridized carbons (Fsp3) is 0.533. The molecule has 0 bridgehead atoms. The van der Waals surface area contributed by atoms with Crippen molar-refractivity contribution in [2.24, 2.45) is 0 Å². The number of rotatable bonds is 3. The zero-order valence-corrected chi connectivity index (χ0v) is 13.2. The van der Waals surface area contributed by atoms with E-state index in [0.29, 0.717) is 0 Å². The second-order valence-corrected chi connectivity index (χ2v) is 6.02. The molecular formula is C15H21BrN2O. The first-order valence-electron chi connectivity index (χ1n) is 6.89. The van der Waals surface area contributed by atoms with Gasteiger partial charge in [0.25, 0.3) is 5.91 Å². The molecule has 0 radical (unpaired) electrons. The van der Waals surface area contributed by atoms with E-state index in [1.165, 1.54) is 0 Å². The van der Waals surface area contributed by atoms with Crippen LogP contribution in [0.15, 0.2) is 22.7 Å². The number of piperidine rings is 1. The summed E-state index contributed by atoms with van der Waals surface area (Å²) in [5.41, 5.74) is 1.87. The average molecular weight is 325 g/mol. The lowest BCUT2D eigenvalue weighted by Gasteiger charge is -2.32. The highest BCUT2D eigenvalue weighted by Crippen LogP contribution is 2.18. The standard InChI is InChI=1S/C15H21BrN2O/c1-3-18-8-4-5-13(10-18)17-15(19)12-7-6-11(2)14(16)9-12/h6-7,9,13H,3-5,8,10H2,1-2H3,(H,17,19). The Morgan fingerprint density at radius 3 is 3.00 bits per heavy atom. The molecule has 0 spiro atoms. The Kier molecular flexibility index (Phi) is 4.99. The monoisotopic (exact) mass is 324 g/mol. The Morgan fingerprint density at radius 2 is 2.32 bits per heavy atom. The van der Waals surface area contributed by atoms with E-state index in [4.69, 9.17) is 0 Å². The van der Waals surface area contributed by atoms with Crippen molar-refractivity contribution in [3.05, 3.63) is 33.8 Å². The van der Waals surface area contributed by atoms with Crippen LogP contribution in [0, 0.1) is 6.92 Å². The van der Waals surface area contributed by atoms with Crippen LogP contribution in [-0.4, -0.2) is 36.5 Å². The van der Waals surface area contributed by atoms with E-state index in [9.17, 15) is 4.79 Å². The van der Waals surface area contributed by atoms with Crippen molar-refractivity contribution < 1.29 is 4.79 Å². The molecule has 1 atom stereocenters. The molecule has 2 rings (SSSR count). The molecule has 0 saturated carbocycles. The number of nitrogens with zero attached hydrogens (tertiary/aromatic N) is 1. The Labute approximate surface area is 123 Å². The number of nitrogens with one attached hydrogen (secondary N) is 1. The van der Waals surface area contributed by atoms with E-state index in [1.807, 2.05) is 25.1 Å². The van der Waals surface area contributed by atoms with E-state index in [0.717, 1.165) is 48.1 Å². The summed E-state index contributed by atoms with van der Waals surface area (Å²) < 4.78 is 0.985. The van der Waals surface area contributed by atoms with Crippen LogP contribution in [0.4, 0.5) is 0 Å². The smallest absolute Gasteiger partial charge is 0.251 e. The molecule has 1 amide bonds. The SMILES string of the molecule is CCN1CCCC(NC(=O)c2ccc(C)c(Br)c2)C1. The van der Waals surface area contributed by atoms with Crippen LogP contribution in [0.1, 0.15) is 35.7 Å². The van der Waals surface area contributed by atoms with Crippen molar-refractivity contribution in [2.75, 3.05) is 19.6 Å². The van der Waals surface area contributed by atoms with Gasteiger partial charge in [0.1, 0.15) is 0 Å². The van der Waals surface area contributed by atoms with Crippen LogP contribution in [0.2, 0.25) is 0 Å². The third-order valence-electron chi connectivity index (χ3n) is 3.72. The number of hydrogen-bond donors (Lipinski definition) is 1. The molecule has 0 aliphatic carbocycles. The highest BCUT2D eigenvalue weighted by molar-refractivity contribution is 9.10. The average Bonchev–Trinajstić information content (AvgIpc) is 2.42. The Morgan fingerprint density at radius 1 is 1.53 bits per heavy atom. The molecule has 1 fully saturated rings. The molecule has 1 aliphatic heterocycles. The number of amides is 1. The van der Waals surface area contributed by atoms with Crippen LogP contribution in [0.5, 0.6) is 0 Å². The summed E-state index contributed by atoms with van der Waals surface area (Å²) in [5.74, 6) is 0.0312. The van der Waals surface area contributed by atoms with E-state index >= 15 is 0 Å². The predicted octanol–water partition coefficient (Wildman–Crippen LogP) is 2.97. The number of likely N-dealkylation sites (tertiary alicyclic amines) is 1. The van der Waals surface area contributed by atoms with Gasteiger partial charge in [0.2, 0.25) is 0 Å². The van der Waals surface area contributed by atoms with Gasteiger partial charge >= 0.3 is 0 Å². The summed E-state index contributed by atoms with van der Waals surface area (Å²) >= 11 is 3.47. The molecule has 1 heterocycles. The largest absolute Gasteiger partial charge is 0.348 e. The molecule has 19 heavy (non-hydrogen) atoms. The second kappa shape index (κ2) is 6.53. The normalized spacial score (nSPS) is 20.3. The maximum absolute atomic E-state index is 12.2. The second-order valence-electron chi connectivity index (χ2n) is 5.17. The van der Waals surface area contributed by atoms with E-state index in [1.54, 1.807) is 0 Å². The molecule has 104 valence electrons. The highest BCUT2D eigenvalue weighted by Gasteiger charge is 2.20. The van der Waals surface area contributed by atoms with Crippen molar-refractivity contribution in [1.29, 1.82) is 0 Å². The first kappa shape index (κ1) is 14.5. The van der Waals surface area contributed by atoms with Crippen LogP contribution in [-0.2, 0) is 0 Å². The molecular weight excluding hydrogens is 304 g/mol. The Bertz CT molecular complexity index is 461. The lowest BCUT2D eigenvalue weighted by Crippen LogP contribution is -2.47. The molecule has 3 nitrogen and oxygen atoms in total. The van der Waals surface area contributed by atoms with Crippen LogP contribution in [0.3, 0.4) is 0 Å². The van der Waals surface area contributed by atoms with Gasteiger partial charge < -0.3 is 10.2 Å². The molecule has 1 aromatic carbocycles. The number of aryl methyl sites for hydroxylation is 1. The maximum atomic E-state index is 12.2. The Hall–Kier alpha value is -0.870. The first-order chi connectivity index (χ1) is 9.10. The lowest BCUT2D eigenvalue weighted by atomic mass is 10.0. The minimum atomic E-state index is 0.0312. The fourth-order valence-corrected chi connectivity index (χ4v) is 2.84. The van der Waals surface area contributed by atoms with Gasteiger partial charge in [-0.3, -0.25) is 4.79 Å². The van der Waals surface area contributed by atoms with Crippen LogP contribution in [0.25, 0.3) is 0 Å². The summed E-state index contributed by atoms with van der Waals surface area (Å²) in [4.78, 5) is 14.6. The zero-order valence-electron chi connectivity index (χ0n) is 11.6. The maximum Gasteiger partial charge on any atom is 0.251 e. The van der Waals surface area contributed by atoms with Crippen molar-refractivity contribution in [2.45, 2.75) is 32.7 Å². The number of likely N-dealkylation sites (N-methyl/N-ethyl adjacent to an activating group) is 1. The molecule has 1 aromatic rings. The fourth-order valence-electron chi connectivity index (χ4n) is 2.46. The zero-order chi connectivity index (χ0) is 13.8. The van der Waals surface area contributed by atoms with Gasteiger partial charge in [-0.15, -0.1) is 0 Å². The number of carbonyl (C=O) groups excluding carboxylic acids is 1. The van der Waals surface area contributed by atoms with E-state index < -0.39 is 0 Å². The number of hydrogen-bond acceptors (Lipinski definition) is 2. The molecule has 1 aliphatic rings. The van der Waals surface area contributed by atoms with Crippen molar-refractivity contribution in [3.8, 4) is 0 Å². The van der Waals surface area contributed by atoms with Crippen molar-refractivity contribution >= 4 is 21.8 Å². The van der Waals surface area contributed by atoms with Gasteiger partial charge in [0.05, 0.1) is 0 Å². The van der Waals surface area contributed by atoms with Gasteiger partial charge in [0, 0.05) is 22.6 Å².